The maximum Gasteiger partial charge on any atom is 0.221 e. The summed E-state index contributed by atoms with van der Waals surface area (Å²) < 4.78 is 18.6. The molecule has 16 heavy (non-hydrogen) atoms. The first-order valence-corrected chi connectivity index (χ1v) is 4.78. The van der Waals surface area contributed by atoms with Crippen LogP contribution in [0.3, 0.4) is 0 Å². The fourth-order valence-electron chi connectivity index (χ4n) is 1.43. The number of rotatable bonds is 2. The second kappa shape index (κ2) is 4.18. The molecule has 1 amide bonds. The number of hydrogen-bond acceptors (Lipinski definition) is 2. The summed E-state index contributed by atoms with van der Waals surface area (Å²) in [5, 5.41) is 2.59. The molecule has 0 bridgehead atoms. The van der Waals surface area contributed by atoms with E-state index in [1.54, 1.807) is 12.1 Å². The molecule has 1 heterocycles. The molecule has 0 unspecified atom stereocenters. The summed E-state index contributed by atoms with van der Waals surface area (Å²) in [6.45, 7) is 1.40. The molecule has 1 aromatic heterocycles. The topological polar surface area (TPSA) is 42.2 Å². The SMILES string of the molecule is CC(=O)Nc1ccc(F)c(-c2ccco2)c1. The van der Waals surface area contributed by atoms with Crippen LogP contribution in [0.1, 0.15) is 6.92 Å². The molecule has 2 aromatic rings. The van der Waals surface area contributed by atoms with Crippen molar-refractivity contribution in [3.63, 3.8) is 0 Å². The van der Waals surface area contributed by atoms with Crippen molar-refractivity contribution in [2.24, 2.45) is 0 Å². The smallest absolute Gasteiger partial charge is 0.221 e. The molecule has 82 valence electrons. The van der Waals surface area contributed by atoms with E-state index in [1.807, 2.05) is 0 Å². The zero-order valence-corrected chi connectivity index (χ0v) is 8.66. The lowest BCUT2D eigenvalue weighted by Gasteiger charge is -2.05. The normalized spacial score (nSPS) is 10.1. The number of carbonyl (C=O) groups excluding carboxylic acids is 1. The standard InChI is InChI=1S/C12H10FNO2/c1-8(15)14-9-4-5-11(13)10(7-9)12-3-2-6-16-12/h2-7H,1H3,(H,14,15). The Morgan fingerprint density at radius 3 is 2.81 bits per heavy atom. The van der Waals surface area contributed by atoms with Gasteiger partial charge >= 0.3 is 0 Å². The molecule has 0 radical (unpaired) electrons. The quantitative estimate of drug-likeness (QED) is 0.843. The Morgan fingerprint density at radius 1 is 1.38 bits per heavy atom. The lowest BCUT2D eigenvalue weighted by atomic mass is 10.1. The minimum Gasteiger partial charge on any atom is -0.464 e. The Morgan fingerprint density at radius 2 is 2.19 bits per heavy atom. The molecule has 2 rings (SSSR count). The lowest BCUT2D eigenvalue weighted by Crippen LogP contribution is -2.05. The lowest BCUT2D eigenvalue weighted by molar-refractivity contribution is -0.114. The van der Waals surface area contributed by atoms with Gasteiger partial charge < -0.3 is 9.73 Å². The zero-order valence-electron chi connectivity index (χ0n) is 8.66. The van der Waals surface area contributed by atoms with Gasteiger partial charge in [-0.25, -0.2) is 4.39 Å². The predicted molar refractivity (Wildman–Crippen MR) is 58.4 cm³/mol. The summed E-state index contributed by atoms with van der Waals surface area (Å²) in [4.78, 5) is 10.9. The molecule has 0 atom stereocenters. The third-order valence-electron chi connectivity index (χ3n) is 2.07. The number of nitrogens with one attached hydrogen (secondary N) is 1. The molecule has 1 N–H and O–H groups in total. The van der Waals surface area contributed by atoms with Crippen LogP contribution in [0, 0.1) is 5.82 Å². The van der Waals surface area contributed by atoms with E-state index >= 15 is 0 Å². The molecule has 0 saturated carbocycles. The number of hydrogen-bond donors (Lipinski definition) is 1. The van der Waals surface area contributed by atoms with Crippen LogP contribution in [0.25, 0.3) is 11.3 Å². The highest BCUT2D eigenvalue weighted by Crippen LogP contribution is 2.26. The Bertz CT molecular complexity index is 506. The van der Waals surface area contributed by atoms with E-state index in [0.29, 0.717) is 17.0 Å². The van der Waals surface area contributed by atoms with Crippen LogP contribution in [0.2, 0.25) is 0 Å². The third-order valence-corrected chi connectivity index (χ3v) is 2.07. The van der Waals surface area contributed by atoms with Gasteiger partial charge in [0.25, 0.3) is 0 Å². The second-order valence-corrected chi connectivity index (χ2v) is 3.35. The molecular formula is C12H10FNO2. The van der Waals surface area contributed by atoms with Crippen LogP contribution < -0.4 is 5.32 Å². The molecule has 3 nitrogen and oxygen atoms in total. The maximum absolute atomic E-state index is 13.5. The van der Waals surface area contributed by atoms with E-state index in [2.05, 4.69) is 5.32 Å². The van der Waals surface area contributed by atoms with Crippen molar-refractivity contribution in [3.05, 3.63) is 42.4 Å². The van der Waals surface area contributed by atoms with Crippen LogP contribution in [0.4, 0.5) is 10.1 Å². The maximum atomic E-state index is 13.5. The molecule has 0 saturated heterocycles. The minimum atomic E-state index is -0.385. The Hall–Kier alpha value is -2.10. The third kappa shape index (κ3) is 2.11. The highest BCUT2D eigenvalue weighted by atomic mass is 19.1. The van der Waals surface area contributed by atoms with E-state index in [0.717, 1.165) is 0 Å². The first kappa shape index (κ1) is 10.4. The van der Waals surface area contributed by atoms with Gasteiger partial charge in [0.15, 0.2) is 0 Å². The Balaban J connectivity index is 2.41. The molecule has 0 aliphatic carbocycles. The average Bonchev–Trinajstić information content (AvgIpc) is 2.73. The molecule has 4 heteroatoms. The van der Waals surface area contributed by atoms with Gasteiger partial charge in [-0.1, -0.05) is 0 Å². The molecule has 0 aliphatic heterocycles. The summed E-state index contributed by atoms with van der Waals surface area (Å²) in [7, 11) is 0. The first-order chi connectivity index (χ1) is 7.66. The van der Waals surface area contributed by atoms with Crippen molar-refractivity contribution < 1.29 is 13.6 Å². The Labute approximate surface area is 91.9 Å². The number of benzene rings is 1. The molecule has 0 spiro atoms. The summed E-state index contributed by atoms with van der Waals surface area (Å²) in [6.07, 6.45) is 1.47. The fourth-order valence-corrected chi connectivity index (χ4v) is 1.43. The van der Waals surface area contributed by atoms with Gasteiger partial charge in [-0.3, -0.25) is 4.79 Å². The first-order valence-electron chi connectivity index (χ1n) is 4.78. The number of halogens is 1. The van der Waals surface area contributed by atoms with Crippen molar-refractivity contribution in [2.45, 2.75) is 6.92 Å². The minimum absolute atomic E-state index is 0.197. The van der Waals surface area contributed by atoms with Crippen LogP contribution in [0.15, 0.2) is 41.0 Å². The second-order valence-electron chi connectivity index (χ2n) is 3.35. The summed E-state index contributed by atoms with van der Waals surface area (Å²) in [5.74, 6) is -0.147. The number of anilines is 1. The molecular weight excluding hydrogens is 209 g/mol. The highest BCUT2D eigenvalue weighted by molar-refractivity contribution is 5.89. The number of carbonyl (C=O) groups is 1. The van der Waals surface area contributed by atoms with Gasteiger partial charge in [-0.15, -0.1) is 0 Å². The van der Waals surface area contributed by atoms with Crippen LogP contribution in [-0.2, 0) is 4.79 Å². The monoisotopic (exact) mass is 219 g/mol. The van der Waals surface area contributed by atoms with E-state index in [9.17, 15) is 9.18 Å². The van der Waals surface area contributed by atoms with Crippen molar-refractivity contribution in [1.82, 2.24) is 0 Å². The molecule has 0 aliphatic rings. The summed E-state index contributed by atoms with van der Waals surface area (Å²) >= 11 is 0. The van der Waals surface area contributed by atoms with E-state index < -0.39 is 0 Å². The summed E-state index contributed by atoms with van der Waals surface area (Å²) in [6, 6.07) is 7.68. The van der Waals surface area contributed by atoms with Crippen LogP contribution in [0.5, 0.6) is 0 Å². The van der Waals surface area contributed by atoms with Gasteiger partial charge in [0.1, 0.15) is 11.6 Å². The van der Waals surface area contributed by atoms with Gasteiger partial charge in [-0.2, -0.15) is 0 Å². The summed E-state index contributed by atoms with van der Waals surface area (Å²) in [5.41, 5.74) is 0.872. The van der Waals surface area contributed by atoms with Crippen LogP contribution >= 0.6 is 0 Å². The van der Waals surface area contributed by atoms with Crippen molar-refractivity contribution in [2.75, 3.05) is 5.32 Å². The Kier molecular flexibility index (Phi) is 2.72. The number of amides is 1. The van der Waals surface area contributed by atoms with Crippen molar-refractivity contribution >= 4 is 11.6 Å². The number of furan rings is 1. The molecule has 1 aromatic carbocycles. The zero-order chi connectivity index (χ0) is 11.5. The van der Waals surface area contributed by atoms with Gasteiger partial charge in [0.2, 0.25) is 5.91 Å². The van der Waals surface area contributed by atoms with Crippen molar-refractivity contribution in [1.29, 1.82) is 0 Å². The van der Waals surface area contributed by atoms with E-state index in [1.165, 1.54) is 31.4 Å². The van der Waals surface area contributed by atoms with Gasteiger partial charge in [0.05, 0.1) is 11.8 Å². The average molecular weight is 219 g/mol. The largest absolute Gasteiger partial charge is 0.464 e. The van der Waals surface area contributed by atoms with E-state index in [4.69, 9.17) is 4.42 Å². The fraction of sp³-hybridized carbons (Fsp3) is 0.0833. The van der Waals surface area contributed by atoms with Gasteiger partial charge in [0, 0.05) is 12.6 Å². The van der Waals surface area contributed by atoms with Crippen LogP contribution in [-0.4, -0.2) is 5.91 Å². The van der Waals surface area contributed by atoms with Crippen molar-refractivity contribution in [3.8, 4) is 11.3 Å². The van der Waals surface area contributed by atoms with E-state index in [-0.39, 0.29) is 11.7 Å². The molecule has 0 fully saturated rings. The highest BCUT2D eigenvalue weighted by Gasteiger charge is 2.08. The van der Waals surface area contributed by atoms with Gasteiger partial charge in [-0.05, 0) is 30.3 Å². The predicted octanol–water partition coefficient (Wildman–Crippen LogP) is 3.04.